The molecule has 0 N–H and O–H groups in total. The standard InChI is InChI=1S/C42H24N4SSe/c1-3-11-26(12-4-1)39-44-40(29-19-18-25-10-7-8-15-28(25)24-29)46-41(45-39)32-17-9-16-31-30(32)21-23-35-36(31)33-20-22-34-37(38(33)48-35)43-42(47-34)27-13-5-2-6-14-27/h1-24H. The van der Waals surface area contributed by atoms with Crippen molar-refractivity contribution in [3.8, 4) is 44.7 Å². The monoisotopic (exact) mass is 696 g/mol. The summed E-state index contributed by atoms with van der Waals surface area (Å²) in [5, 5.41) is 8.38. The minimum absolute atomic E-state index is 0.160. The third-order valence-corrected chi connectivity index (χ3v) is 12.5. The Balaban J connectivity index is 1.19. The summed E-state index contributed by atoms with van der Waals surface area (Å²) in [5.74, 6) is 2.00. The van der Waals surface area contributed by atoms with E-state index in [9.17, 15) is 0 Å². The molecule has 0 spiro atoms. The zero-order chi connectivity index (χ0) is 31.6. The minimum atomic E-state index is 0.160. The summed E-state index contributed by atoms with van der Waals surface area (Å²) in [6.07, 6.45) is 0. The van der Waals surface area contributed by atoms with E-state index in [0.29, 0.717) is 17.5 Å². The van der Waals surface area contributed by atoms with Crippen LogP contribution in [-0.4, -0.2) is 34.4 Å². The molecule has 3 aromatic heterocycles. The SMILES string of the molecule is c1ccc(-c2nc(-c3ccc4ccccc4c3)nc(-c3cccc4c3ccc3[se]c5c(ccc6sc(-c7ccccc7)nc65)c34)n2)cc1. The Morgan fingerprint density at radius 3 is 2.00 bits per heavy atom. The average molecular weight is 696 g/mol. The first-order valence-electron chi connectivity index (χ1n) is 15.8. The summed E-state index contributed by atoms with van der Waals surface area (Å²) in [7, 11) is 0. The first-order chi connectivity index (χ1) is 23.8. The molecule has 0 saturated carbocycles. The van der Waals surface area contributed by atoms with Crippen LogP contribution in [-0.2, 0) is 0 Å². The molecule has 224 valence electrons. The number of hydrogen-bond acceptors (Lipinski definition) is 5. The summed E-state index contributed by atoms with van der Waals surface area (Å²) < 4.78 is 4.00. The summed E-state index contributed by atoms with van der Waals surface area (Å²) in [6, 6.07) is 51.1. The molecule has 0 atom stereocenters. The number of aromatic nitrogens is 4. The molecule has 0 radical (unpaired) electrons. The molecule has 6 heteroatoms. The van der Waals surface area contributed by atoms with Crippen molar-refractivity contribution in [3.63, 3.8) is 0 Å². The van der Waals surface area contributed by atoms with Gasteiger partial charge >= 0.3 is 269 Å². The van der Waals surface area contributed by atoms with E-state index < -0.39 is 0 Å². The molecule has 0 aliphatic heterocycles. The Labute approximate surface area is 285 Å². The fourth-order valence-electron chi connectivity index (χ4n) is 6.65. The van der Waals surface area contributed by atoms with Crippen LogP contribution in [0, 0.1) is 0 Å². The van der Waals surface area contributed by atoms with Crippen molar-refractivity contribution in [2.75, 3.05) is 0 Å². The van der Waals surface area contributed by atoms with Gasteiger partial charge in [-0.05, 0) is 0 Å². The molecule has 0 aliphatic carbocycles. The van der Waals surface area contributed by atoms with Crippen molar-refractivity contribution in [1.29, 1.82) is 0 Å². The Morgan fingerprint density at radius 1 is 0.458 bits per heavy atom. The van der Waals surface area contributed by atoms with Crippen LogP contribution in [0.4, 0.5) is 0 Å². The van der Waals surface area contributed by atoms with Crippen molar-refractivity contribution in [2.45, 2.75) is 0 Å². The zero-order valence-electron chi connectivity index (χ0n) is 25.5. The molecule has 0 bridgehead atoms. The molecule has 0 amide bonds. The summed E-state index contributed by atoms with van der Waals surface area (Å²) >= 11 is 1.93. The van der Waals surface area contributed by atoms with Crippen molar-refractivity contribution in [2.24, 2.45) is 0 Å². The number of thiazole rings is 1. The van der Waals surface area contributed by atoms with Gasteiger partial charge in [0, 0.05) is 0 Å². The van der Waals surface area contributed by atoms with Crippen molar-refractivity contribution in [3.05, 3.63) is 146 Å². The van der Waals surface area contributed by atoms with E-state index in [1.54, 1.807) is 11.3 Å². The molecule has 4 nitrogen and oxygen atoms in total. The van der Waals surface area contributed by atoms with E-state index in [2.05, 4.69) is 127 Å². The van der Waals surface area contributed by atoms with Crippen LogP contribution in [0.5, 0.6) is 0 Å². The number of benzene rings is 7. The molecule has 48 heavy (non-hydrogen) atoms. The molecule has 7 aromatic carbocycles. The predicted molar refractivity (Wildman–Crippen MR) is 202 cm³/mol. The topological polar surface area (TPSA) is 51.6 Å². The van der Waals surface area contributed by atoms with Gasteiger partial charge in [0.2, 0.25) is 0 Å². The fraction of sp³-hybridized carbons (Fsp3) is 0. The van der Waals surface area contributed by atoms with Crippen LogP contribution in [0.3, 0.4) is 0 Å². The molecule has 0 aliphatic rings. The van der Waals surface area contributed by atoms with Gasteiger partial charge in [0.05, 0.1) is 0 Å². The second kappa shape index (κ2) is 11.0. The molecule has 10 rings (SSSR count). The quantitative estimate of drug-likeness (QED) is 0.172. The fourth-order valence-corrected chi connectivity index (χ4v) is 10.3. The zero-order valence-corrected chi connectivity index (χ0v) is 28.0. The molecular formula is C42H24N4SSe. The maximum absolute atomic E-state index is 5.19. The normalized spacial score (nSPS) is 11.8. The maximum atomic E-state index is 5.19. The van der Waals surface area contributed by atoms with Gasteiger partial charge in [-0.15, -0.1) is 0 Å². The Morgan fingerprint density at radius 2 is 1.17 bits per heavy atom. The Bertz CT molecular complexity index is 2840. The van der Waals surface area contributed by atoms with Crippen LogP contribution in [0.2, 0.25) is 0 Å². The van der Waals surface area contributed by atoms with Gasteiger partial charge in [0.1, 0.15) is 0 Å². The second-order valence-electron chi connectivity index (χ2n) is 11.8. The van der Waals surface area contributed by atoms with Gasteiger partial charge in [-0.2, -0.15) is 0 Å². The van der Waals surface area contributed by atoms with Crippen molar-refractivity contribution >= 4 is 76.9 Å². The van der Waals surface area contributed by atoms with Crippen LogP contribution < -0.4 is 0 Å². The van der Waals surface area contributed by atoms with Crippen LogP contribution >= 0.6 is 11.3 Å². The van der Waals surface area contributed by atoms with Crippen molar-refractivity contribution in [1.82, 2.24) is 19.9 Å². The number of hydrogen-bond donors (Lipinski definition) is 0. The van der Waals surface area contributed by atoms with Gasteiger partial charge in [-0.3, -0.25) is 0 Å². The van der Waals surface area contributed by atoms with Gasteiger partial charge in [0.15, 0.2) is 0 Å². The third-order valence-electron chi connectivity index (χ3n) is 8.96. The van der Waals surface area contributed by atoms with Gasteiger partial charge < -0.3 is 0 Å². The average Bonchev–Trinajstić information content (AvgIpc) is 3.77. The van der Waals surface area contributed by atoms with Crippen LogP contribution in [0.15, 0.2) is 146 Å². The molecular weight excluding hydrogens is 672 g/mol. The van der Waals surface area contributed by atoms with E-state index >= 15 is 0 Å². The van der Waals surface area contributed by atoms with Crippen LogP contribution in [0.1, 0.15) is 0 Å². The second-order valence-corrected chi connectivity index (χ2v) is 15.1. The number of fused-ring (bicyclic) bond motifs is 8. The molecule has 0 fully saturated rings. The molecule has 10 aromatic rings. The van der Waals surface area contributed by atoms with E-state index in [4.69, 9.17) is 19.9 Å². The van der Waals surface area contributed by atoms with E-state index in [1.165, 1.54) is 40.3 Å². The Kier molecular flexibility index (Phi) is 6.34. The summed E-state index contributed by atoms with van der Waals surface area (Å²) in [4.78, 5) is 20.4. The number of rotatable bonds is 4. The van der Waals surface area contributed by atoms with Gasteiger partial charge in [0.25, 0.3) is 0 Å². The third kappa shape index (κ3) is 4.49. The molecule has 3 heterocycles. The molecule has 0 unspecified atom stereocenters. The first kappa shape index (κ1) is 27.6. The van der Waals surface area contributed by atoms with Gasteiger partial charge in [-0.1, -0.05) is 18.2 Å². The van der Waals surface area contributed by atoms with E-state index in [1.807, 2.05) is 18.2 Å². The molecule has 0 saturated heterocycles. The first-order valence-corrected chi connectivity index (χ1v) is 18.3. The van der Waals surface area contributed by atoms with E-state index in [-0.39, 0.29) is 14.5 Å². The summed E-state index contributed by atoms with van der Waals surface area (Å²) in [5.41, 5.74) is 5.24. The Hall–Kier alpha value is -5.52. The van der Waals surface area contributed by atoms with Gasteiger partial charge in [-0.25, -0.2) is 0 Å². The van der Waals surface area contributed by atoms with Crippen molar-refractivity contribution < 1.29 is 0 Å². The number of nitrogens with zero attached hydrogens (tertiary/aromatic N) is 4. The van der Waals surface area contributed by atoms with E-state index in [0.717, 1.165) is 38.0 Å². The van der Waals surface area contributed by atoms with Crippen LogP contribution in [0.25, 0.3) is 95.8 Å². The summed E-state index contributed by atoms with van der Waals surface area (Å²) in [6.45, 7) is 0. The predicted octanol–water partition coefficient (Wildman–Crippen LogP) is 10.8.